The van der Waals surface area contributed by atoms with Crippen molar-refractivity contribution >= 4 is 0 Å². The monoisotopic (exact) mass is 203 g/mol. The largest absolute Gasteiger partial charge is 0.388 e. The van der Waals surface area contributed by atoms with Crippen molar-refractivity contribution in [3.05, 3.63) is 0 Å². The molecule has 14 heavy (non-hydrogen) atoms. The zero-order chi connectivity index (χ0) is 10.4. The summed E-state index contributed by atoms with van der Waals surface area (Å²) in [6.45, 7) is 6.56. The van der Waals surface area contributed by atoms with E-state index in [4.69, 9.17) is 9.47 Å². The van der Waals surface area contributed by atoms with E-state index in [1.54, 1.807) is 0 Å². The number of hydrogen-bond donors (Lipinski definition) is 2. The zero-order valence-electron chi connectivity index (χ0n) is 9.03. The van der Waals surface area contributed by atoms with E-state index in [-0.39, 0.29) is 12.2 Å². The van der Waals surface area contributed by atoms with Crippen LogP contribution in [-0.2, 0) is 9.47 Å². The van der Waals surface area contributed by atoms with Gasteiger partial charge in [-0.25, -0.2) is 0 Å². The smallest absolute Gasteiger partial charge is 0.101 e. The summed E-state index contributed by atoms with van der Waals surface area (Å²) in [6.07, 6.45) is 0.970. The van der Waals surface area contributed by atoms with Gasteiger partial charge in [-0.2, -0.15) is 0 Å². The van der Waals surface area contributed by atoms with Gasteiger partial charge >= 0.3 is 0 Å². The van der Waals surface area contributed by atoms with Gasteiger partial charge in [-0.05, 0) is 26.8 Å². The standard InChI is InChI=1S/C10H21NO3/c1-8(2)13-6-9(12)7-14-10-3-4-11-5-10/h8-12H,3-7H2,1-2H3. The molecule has 0 aromatic carbocycles. The first-order chi connectivity index (χ1) is 6.68. The Labute approximate surface area is 85.6 Å². The van der Waals surface area contributed by atoms with Crippen LogP contribution in [0.2, 0.25) is 0 Å². The molecule has 2 atom stereocenters. The van der Waals surface area contributed by atoms with Crippen molar-refractivity contribution < 1.29 is 14.6 Å². The molecule has 0 aromatic rings. The molecule has 0 saturated carbocycles. The van der Waals surface area contributed by atoms with E-state index < -0.39 is 6.10 Å². The molecule has 1 fully saturated rings. The predicted octanol–water partition coefficient (Wildman–Crippen LogP) is 0.151. The molecule has 0 aromatic heterocycles. The third-order valence-corrected chi connectivity index (χ3v) is 2.16. The minimum atomic E-state index is -0.502. The second kappa shape index (κ2) is 6.35. The van der Waals surface area contributed by atoms with Crippen molar-refractivity contribution in [1.82, 2.24) is 5.32 Å². The van der Waals surface area contributed by atoms with Crippen molar-refractivity contribution in [3.63, 3.8) is 0 Å². The SMILES string of the molecule is CC(C)OCC(O)COC1CCNC1. The van der Waals surface area contributed by atoms with E-state index in [1.165, 1.54) is 0 Å². The van der Waals surface area contributed by atoms with Gasteiger partial charge in [-0.15, -0.1) is 0 Å². The summed E-state index contributed by atoms with van der Waals surface area (Å²) in [5.41, 5.74) is 0. The number of aliphatic hydroxyl groups excluding tert-OH is 1. The van der Waals surface area contributed by atoms with Gasteiger partial charge in [0.2, 0.25) is 0 Å². The summed E-state index contributed by atoms with van der Waals surface area (Å²) in [7, 11) is 0. The van der Waals surface area contributed by atoms with Crippen LogP contribution in [0, 0.1) is 0 Å². The van der Waals surface area contributed by atoms with Gasteiger partial charge in [0.1, 0.15) is 6.10 Å². The van der Waals surface area contributed by atoms with Gasteiger partial charge in [0, 0.05) is 6.54 Å². The number of nitrogens with one attached hydrogen (secondary N) is 1. The lowest BCUT2D eigenvalue weighted by Gasteiger charge is -2.16. The second-order valence-corrected chi connectivity index (χ2v) is 3.98. The summed E-state index contributed by atoms with van der Waals surface area (Å²) < 4.78 is 10.8. The number of rotatable bonds is 6. The predicted molar refractivity (Wildman–Crippen MR) is 54.3 cm³/mol. The highest BCUT2D eigenvalue weighted by Gasteiger charge is 2.16. The molecule has 2 N–H and O–H groups in total. The Morgan fingerprint density at radius 2 is 2.21 bits per heavy atom. The molecular formula is C10H21NO3. The Kier molecular flexibility index (Phi) is 5.40. The summed E-state index contributed by atoms with van der Waals surface area (Å²) in [5, 5.41) is 12.7. The van der Waals surface area contributed by atoms with Crippen LogP contribution in [0.4, 0.5) is 0 Å². The van der Waals surface area contributed by atoms with Gasteiger partial charge < -0.3 is 19.9 Å². The van der Waals surface area contributed by atoms with Crippen LogP contribution in [0.1, 0.15) is 20.3 Å². The summed E-state index contributed by atoms with van der Waals surface area (Å²) in [4.78, 5) is 0. The summed E-state index contributed by atoms with van der Waals surface area (Å²) >= 11 is 0. The summed E-state index contributed by atoms with van der Waals surface area (Å²) in [5.74, 6) is 0. The van der Waals surface area contributed by atoms with Gasteiger partial charge in [0.15, 0.2) is 0 Å². The normalized spacial score (nSPS) is 24.4. The summed E-state index contributed by atoms with van der Waals surface area (Å²) in [6, 6.07) is 0. The van der Waals surface area contributed by atoms with Crippen LogP contribution in [0.5, 0.6) is 0 Å². The van der Waals surface area contributed by atoms with Gasteiger partial charge in [0.05, 0.1) is 25.4 Å². The highest BCUT2D eigenvalue weighted by atomic mass is 16.5. The van der Waals surface area contributed by atoms with Crippen LogP contribution >= 0.6 is 0 Å². The number of ether oxygens (including phenoxy) is 2. The van der Waals surface area contributed by atoms with Crippen LogP contribution in [0.25, 0.3) is 0 Å². The fourth-order valence-corrected chi connectivity index (χ4v) is 1.37. The van der Waals surface area contributed by atoms with Crippen LogP contribution < -0.4 is 5.32 Å². The first kappa shape index (κ1) is 11.9. The minimum Gasteiger partial charge on any atom is -0.388 e. The molecule has 4 nitrogen and oxygen atoms in total. The molecule has 0 spiro atoms. The van der Waals surface area contributed by atoms with E-state index in [9.17, 15) is 5.11 Å². The maximum atomic E-state index is 9.49. The van der Waals surface area contributed by atoms with Crippen molar-refractivity contribution in [1.29, 1.82) is 0 Å². The molecule has 4 heteroatoms. The quantitative estimate of drug-likeness (QED) is 0.645. The van der Waals surface area contributed by atoms with Crippen molar-refractivity contribution in [2.45, 2.75) is 38.6 Å². The highest BCUT2D eigenvalue weighted by molar-refractivity contribution is 4.71. The average molecular weight is 203 g/mol. The average Bonchev–Trinajstić information content (AvgIpc) is 2.63. The molecule has 1 saturated heterocycles. The lowest BCUT2D eigenvalue weighted by atomic mass is 10.3. The lowest BCUT2D eigenvalue weighted by Crippen LogP contribution is -2.27. The first-order valence-corrected chi connectivity index (χ1v) is 5.30. The second-order valence-electron chi connectivity index (χ2n) is 3.98. The molecule has 84 valence electrons. The van der Waals surface area contributed by atoms with E-state index in [0.29, 0.717) is 13.2 Å². The van der Waals surface area contributed by atoms with Gasteiger partial charge in [-0.1, -0.05) is 0 Å². The molecule has 1 aliphatic rings. The molecule has 0 aliphatic carbocycles. The molecule has 2 unspecified atom stereocenters. The van der Waals surface area contributed by atoms with E-state index in [2.05, 4.69) is 5.32 Å². The third kappa shape index (κ3) is 4.91. The third-order valence-electron chi connectivity index (χ3n) is 2.16. The Hall–Kier alpha value is -0.160. The Morgan fingerprint density at radius 1 is 1.43 bits per heavy atom. The molecular weight excluding hydrogens is 182 g/mol. The molecule has 0 amide bonds. The molecule has 1 aliphatic heterocycles. The Bertz CT molecular complexity index is 146. The fraction of sp³-hybridized carbons (Fsp3) is 1.00. The van der Waals surface area contributed by atoms with Crippen molar-refractivity contribution in [2.24, 2.45) is 0 Å². The molecule has 1 rings (SSSR count). The molecule has 0 radical (unpaired) electrons. The maximum absolute atomic E-state index is 9.49. The van der Waals surface area contributed by atoms with E-state index in [0.717, 1.165) is 19.5 Å². The maximum Gasteiger partial charge on any atom is 0.101 e. The molecule has 1 heterocycles. The Balaban J connectivity index is 1.99. The highest BCUT2D eigenvalue weighted by Crippen LogP contribution is 2.04. The van der Waals surface area contributed by atoms with Crippen LogP contribution in [0.15, 0.2) is 0 Å². The number of hydrogen-bond acceptors (Lipinski definition) is 4. The van der Waals surface area contributed by atoms with Crippen molar-refractivity contribution in [3.8, 4) is 0 Å². The number of aliphatic hydroxyl groups is 1. The Morgan fingerprint density at radius 3 is 2.79 bits per heavy atom. The van der Waals surface area contributed by atoms with Crippen molar-refractivity contribution in [2.75, 3.05) is 26.3 Å². The van der Waals surface area contributed by atoms with Crippen LogP contribution in [-0.4, -0.2) is 49.7 Å². The van der Waals surface area contributed by atoms with Crippen LogP contribution in [0.3, 0.4) is 0 Å². The molecule has 0 bridgehead atoms. The van der Waals surface area contributed by atoms with E-state index >= 15 is 0 Å². The van der Waals surface area contributed by atoms with E-state index in [1.807, 2.05) is 13.8 Å². The van der Waals surface area contributed by atoms with Gasteiger partial charge in [-0.3, -0.25) is 0 Å². The minimum absolute atomic E-state index is 0.165. The lowest BCUT2D eigenvalue weighted by molar-refractivity contribution is -0.0514. The first-order valence-electron chi connectivity index (χ1n) is 5.30. The zero-order valence-corrected chi connectivity index (χ0v) is 9.03. The fourth-order valence-electron chi connectivity index (χ4n) is 1.37. The topological polar surface area (TPSA) is 50.7 Å². The van der Waals surface area contributed by atoms with Gasteiger partial charge in [0.25, 0.3) is 0 Å².